The van der Waals surface area contributed by atoms with Crippen LogP contribution in [0.2, 0.25) is 0 Å². The van der Waals surface area contributed by atoms with E-state index in [1.807, 2.05) is 97.0 Å². The minimum absolute atomic E-state index is 0.192. The molecule has 0 aliphatic carbocycles. The monoisotopic (exact) mass is 551 g/mol. The van der Waals surface area contributed by atoms with E-state index in [2.05, 4.69) is 10.6 Å². The molecule has 2 aromatic rings. The van der Waals surface area contributed by atoms with Crippen LogP contribution in [0.4, 0.5) is 4.79 Å². The summed E-state index contributed by atoms with van der Waals surface area (Å²) < 4.78 is 5.52. The molecule has 220 valence electrons. The van der Waals surface area contributed by atoms with Crippen molar-refractivity contribution in [2.45, 2.75) is 112 Å². The third-order valence-electron chi connectivity index (χ3n) is 7.44. The molecule has 0 spiro atoms. The number of nitrogens with zero attached hydrogens (tertiary/aromatic N) is 1. The zero-order chi connectivity index (χ0) is 30.3. The molecule has 2 N–H and O–H groups in total. The Hall–Kier alpha value is -3.35. The molecular formula is C33H49N3O4. The average Bonchev–Trinajstić information content (AvgIpc) is 2.88. The Bertz CT molecular complexity index is 1150. The second-order valence-electron chi connectivity index (χ2n) is 12.3. The Labute approximate surface area is 241 Å². The van der Waals surface area contributed by atoms with Crippen molar-refractivity contribution in [3.05, 3.63) is 70.8 Å². The number of alkyl carbamates (subject to hydrolysis) is 1. The largest absolute Gasteiger partial charge is 0.444 e. The Kier molecular flexibility index (Phi) is 11.4. The summed E-state index contributed by atoms with van der Waals surface area (Å²) in [5, 5.41) is 5.92. The van der Waals surface area contributed by atoms with Crippen LogP contribution in [-0.2, 0) is 20.9 Å². The first-order valence-electron chi connectivity index (χ1n) is 14.3. The number of amides is 3. The standard InChI is InChI=1S/C33H49N3O4/c1-11-23(4)27(35-31(39)40-32(6,7)8)30(38)36(33(9,10)12-2)28(26-19-18-22(3)20-24(26)5)29(37)34-21-25-16-14-13-15-17-25/h13-20,23,27-28H,11-12,21H2,1-10H3,(H,34,37)(H,35,39). The van der Waals surface area contributed by atoms with Gasteiger partial charge in [-0.05, 0) is 77.5 Å². The lowest BCUT2D eigenvalue weighted by Gasteiger charge is -2.45. The molecule has 0 aliphatic rings. The minimum Gasteiger partial charge on any atom is -0.444 e. The molecule has 0 heterocycles. The fraction of sp³-hybridized carbons (Fsp3) is 0.545. The van der Waals surface area contributed by atoms with E-state index in [1.54, 1.807) is 25.7 Å². The van der Waals surface area contributed by atoms with Gasteiger partial charge in [0.1, 0.15) is 17.7 Å². The summed E-state index contributed by atoms with van der Waals surface area (Å²) in [5.74, 6) is -0.778. The SMILES string of the molecule is CCC(C)C(NC(=O)OC(C)(C)C)C(=O)N(C(C(=O)NCc1ccccc1)c1ccc(C)cc1C)C(C)(C)CC. The summed E-state index contributed by atoms with van der Waals surface area (Å²) >= 11 is 0. The molecule has 0 saturated heterocycles. The molecule has 2 aromatic carbocycles. The van der Waals surface area contributed by atoms with Crippen LogP contribution < -0.4 is 10.6 Å². The fourth-order valence-corrected chi connectivity index (χ4v) is 4.62. The smallest absolute Gasteiger partial charge is 0.408 e. The lowest BCUT2D eigenvalue weighted by atomic mass is 9.88. The van der Waals surface area contributed by atoms with Gasteiger partial charge in [0.25, 0.3) is 0 Å². The lowest BCUT2D eigenvalue weighted by molar-refractivity contribution is -0.150. The summed E-state index contributed by atoms with van der Waals surface area (Å²) in [7, 11) is 0. The van der Waals surface area contributed by atoms with Gasteiger partial charge >= 0.3 is 6.09 Å². The number of ether oxygens (including phenoxy) is 1. The van der Waals surface area contributed by atoms with Gasteiger partial charge in [0.2, 0.25) is 11.8 Å². The van der Waals surface area contributed by atoms with Crippen molar-refractivity contribution in [3.63, 3.8) is 0 Å². The summed E-state index contributed by atoms with van der Waals surface area (Å²) in [6.07, 6.45) is 0.601. The molecule has 0 fully saturated rings. The van der Waals surface area contributed by atoms with Gasteiger partial charge in [0, 0.05) is 12.1 Å². The summed E-state index contributed by atoms with van der Waals surface area (Å²) in [5.41, 5.74) is 2.29. The summed E-state index contributed by atoms with van der Waals surface area (Å²) in [4.78, 5) is 43.3. The highest BCUT2D eigenvalue weighted by molar-refractivity contribution is 5.93. The quantitative estimate of drug-likeness (QED) is 0.329. The average molecular weight is 552 g/mol. The van der Waals surface area contributed by atoms with Crippen LogP contribution in [0.25, 0.3) is 0 Å². The molecule has 0 bridgehead atoms. The fourth-order valence-electron chi connectivity index (χ4n) is 4.62. The molecule has 7 nitrogen and oxygen atoms in total. The molecule has 3 atom stereocenters. The van der Waals surface area contributed by atoms with Crippen LogP contribution in [0.3, 0.4) is 0 Å². The van der Waals surface area contributed by atoms with E-state index in [4.69, 9.17) is 4.74 Å². The number of carbonyl (C=O) groups excluding carboxylic acids is 3. The number of carbonyl (C=O) groups is 3. The zero-order valence-corrected chi connectivity index (χ0v) is 26.1. The van der Waals surface area contributed by atoms with Gasteiger partial charge in [-0.15, -0.1) is 0 Å². The molecule has 0 aliphatic heterocycles. The number of hydrogen-bond donors (Lipinski definition) is 2. The molecule has 0 saturated carbocycles. The van der Waals surface area contributed by atoms with Crippen molar-refractivity contribution < 1.29 is 19.1 Å². The van der Waals surface area contributed by atoms with Crippen molar-refractivity contribution >= 4 is 17.9 Å². The molecule has 40 heavy (non-hydrogen) atoms. The van der Waals surface area contributed by atoms with E-state index in [-0.39, 0.29) is 17.7 Å². The predicted octanol–water partition coefficient (Wildman–Crippen LogP) is 6.62. The number of benzene rings is 2. The molecule has 3 amide bonds. The summed E-state index contributed by atoms with van der Waals surface area (Å²) in [6.45, 7) is 19.5. The number of hydrogen-bond acceptors (Lipinski definition) is 4. The highest BCUT2D eigenvalue weighted by atomic mass is 16.6. The van der Waals surface area contributed by atoms with Crippen molar-refractivity contribution in [2.75, 3.05) is 0 Å². The maximum absolute atomic E-state index is 14.6. The first kappa shape index (κ1) is 32.9. The Balaban J connectivity index is 2.63. The van der Waals surface area contributed by atoms with Crippen molar-refractivity contribution in [2.24, 2.45) is 5.92 Å². The molecular weight excluding hydrogens is 502 g/mol. The van der Waals surface area contributed by atoms with Crippen LogP contribution in [0.15, 0.2) is 48.5 Å². The Morgan fingerprint density at radius 1 is 0.950 bits per heavy atom. The third kappa shape index (κ3) is 8.83. The second-order valence-corrected chi connectivity index (χ2v) is 12.3. The van der Waals surface area contributed by atoms with Crippen LogP contribution in [0, 0.1) is 19.8 Å². The first-order valence-corrected chi connectivity index (χ1v) is 14.3. The number of rotatable bonds is 11. The van der Waals surface area contributed by atoms with Gasteiger partial charge in [-0.3, -0.25) is 9.59 Å². The zero-order valence-electron chi connectivity index (χ0n) is 26.1. The van der Waals surface area contributed by atoms with Gasteiger partial charge < -0.3 is 20.3 Å². The molecule has 2 rings (SSSR count). The van der Waals surface area contributed by atoms with Crippen LogP contribution >= 0.6 is 0 Å². The Morgan fingerprint density at radius 3 is 2.10 bits per heavy atom. The van der Waals surface area contributed by atoms with Gasteiger partial charge in [-0.25, -0.2) is 4.79 Å². The number of nitrogens with one attached hydrogen (secondary N) is 2. The van der Waals surface area contributed by atoms with E-state index in [1.165, 1.54) is 0 Å². The van der Waals surface area contributed by atoms with E-state index < -0.39 is 29.3 Å². The number of aryl methyl sites for hydroxylation is 2. The lowest BCUT2D eigenvalue weighted by Crippen LogP contribution is -2.60. The van der Waals surface area contributed by atoms with Gasteiger partial charge in [-0.2, -0.15) is 0 Å². The summed E-state index contributed by atoms with van der Waals surface area (Å²) in [6, 6.07) is 13.8. The minimum atomic E-state index is -0.904. The van der Waals surface area contributed by atoms with Gasteiger partial charge in [0.15, 0.2) is 0 Å². The van der Waals surface area contributed by atoms with Crippen molar-refractivity contribution in [1.29, 1.82) is 0 Å². The van der Waals surface area contributed by atoms with Crippen molar-refractivity contribution in [1.82, 2.24) is 15.5 Å². The van der Waals surface area contributed by atoms with Crippen LogP contribution in [0.1, 0.15) is 96.5 Å². The Morgan fingerprint density at radius 2 is 1.57 bits per heavy atom. The van der Waals surface area contributed by atoms with E-state index in [0.717, 1.165) is 22.3 Å². The van der Waals surface area contributed by atoms with Crippen LogP contribution in [-0.4, -0.2) is 40.0 Å². The third-order valence-corrected chi connectivity index (χ3v) is 7.44. The highest BCUT2D eigenvalue weighted by Crippen LogP contribution is 2.35. The first-order chi connectivity index (χ1) is 18.6. The molecule has 0 aromatic heterocycles. The van der Waals surface area contributed by atoms with E-state index >= 15 is 0 Å². The topological polar surface area (TPSA) is 87.7 Å². The second kappa shape index (κ2) is 13.8. The van der Waals surface area contributed by atoms with Crippen LogP contribution in [0.5, 0.6) is 0 Å². The van der Waals surface area contributed by atoms with Gasteiger partial charge in [-0.1, -0.05) is 81.3 Å². The maximum Gasteiger partial charge on any atom is 0.408 e. The van der Waals surface area contributed by atoms with E-state index in [9.17, 15) is 14.4 Å². The predicted molar refractivity (Wildman–Crippen MR) is 161 cm³/mol. The highest BCUT2D eigenvalue weighted by Gasteiger charge is 2.44. The molecule has 7 heteroatoms. The van der Waals surface area contributed by atoms with E-state index in [0.29, 0.717) is 19.4 Å². The maximum atomic E-state index is 14.6. The van der Waals surface area contributed by atoms with Gasteiger partial charge in [0.05, 0.1) is 0 Å². The van der Waals surface area contributed by atoms with Crippen molar-refractivity contribution in [3.8, 4) is 0 Å². The molecule has 0 radical (unpaired) electrons. The molecule has 3 unspecified atom stereocenters. The normalized spacial score (nSPS) is 14.1.